The van der Waals surface area contributed by atoms with E-state index in [0.717, 1.165) is 17.8 Å². The molecule has 1 atom stereocenters. The van der Waals surface area contributed by atoms with Crippen LogP contribution < -0.4 is 5.73 Å². The fourth-order valence-corrected chi connectivity index (χ4v) is 4.82. The molecular formula is C14H22N2OS. The Morgan fingerprint density at radius 3 is 2.50 bits per heavy atom. The molecule has 3 nitrogen and oxygen atoms in total. The molecule has 1 aliphatic carbocycles. The maximum Gasteiger partial charge on any atom is 0.116 e. The van der Waals surface area contributed by atoms with Gasteiger partial charge in [-0.2, -0.15) is 0 Å². The monoisotopic (exact) mass is 266 g/mol. The molecule has 2 heterocycles. The molecule has 1 aliphatic heterocycles. The fraction of sp³-hybridized carbons (Fsp3) is 0.786. The first-order valence-corrected chi connectivity index (χ1v) is 7.53. The van der Waals surface area contributed by atoms with E-state index in [1.807, 2.05) is 0 Å². The molecule has 0 amide bonds. The Balaban J connectivity index is 2.03. The number of aromatic nitrogens is 1. The van der Waals surface area contributed by atoms with Crippen LogP contribution in [0.25, 0.3) is 0 Å². The van der Waals surface area contributed by atoms with E-state index in [0.29, 0.717) is 0 Å². The minimum Gasteiger partial charge on any atom is -0.367 e. The van der Waals surface area contributed by atoms with Crippen LogP contribution in [-0.2, 0) is 23.1 Å². The van der Waals surface area contributed by atoms with Crippen molar-refractivity contribution in [3.8, 4) is 0 Å². The zero-order chi connectivity index (χ0) is 13.2. The van der Waals surface area contributed by atoms with Crippen LogP contribution in [0.1, 0.15) is 56.1 Å². The highest BCUT2D eigenvalue weighted by atomic mass is 32.1. The van der Waals surface area contributed by atoms with Gasteiger partial charge in [0.25, 0.3) is 0 Å². The minimum atomic E-state index is -0.453. The molecule has 100 valence electrons. The number of hydrogen-bond donors (Lipinski definition) is 1. The van der Waals surface area contributed by atoms with E-state index < -0.39 is 5.54 Å². The summed E-state index contributed by atoms with van der Waals surface area (Å²) in [6.45, 7) is 8.41. The largest absolute Gasteiger partial charge is 0.367 e. The third-order valence-electron chi connectivity index (χ3n) is 4.29. The van der Waals surface area contributed by atoms with Gasteiger partial charge in [0.1, 0.15) is 5.01 Å². The molecule has 1 unspecified atom stereocenters. The second-order valence-electron chi connectivity index (χ2n) is 6.76. The van der Waals surface area contributed by atoms with Crippen LogP contribution in [0.5, 0.6) is 0 Å². The molecule has 4 heteroatoms. The van der Waals surface area contributed by atoms with E-state index in [9.17, 15) is 0 Å². The molecular weight excluding hydrogens is 244 g/mol. The summed E-state index contributed by atoms with van der Waals surface area (Å²) in [5.41, 5.74) is 7.01. The number of nitrogens with two attached hydrogens (primary N) is 1. The van der Waals surface area contributed by atoms with Crippen molar-refractivity contribution >= 4 is 11.3 Å². The van der Waals surface area contributed by atoms with Gasteiger partial charge < -0.3 is 10.5 Å². The average Bonchev–Trinajstić information content (AvgIpc) is 2.75. The van der Waals surface area contributed by atoms with Gasteiger partial charge >= 0.3 is 0 Å². The van der Waals surface area contributed by atoms with Gasteiger partial charge in [-0.15, -0.1) is 11.3 Å². The van der Waals surface area contributed by atoms with Crippen LogP contribution in [0.4, 0.5) is 0 Å². The minimum absolute atomic E-state index is 0.172. The number of fused-ring (bicyclic) bond motifs is 1. The number of ether oxygens (including phenoxy) is 1. The van der Waals surface area contributed by atoms with Crippen molar-refractivity contribution in [3.63, 3.8) is 0 Å². The molecule has 0 bridgehead atoms. The Labute approximate surface area is 113 Å². The van der Waals surface area contributed by atoms with Gasteiger partial charge in [-0.25, -0.2) is 4.98 Å². The lowest BCUT2D eigenvalue weighted by Gasteiger charge is -2.34. The predicted molar refractivity (Wildman–Crippen MR) is 73.9 cm³/mol. The van der Waals surface area contributed by atoms with E-state index in [1.165, 1.54) is 23.4 Å². The highest BCUT2D eigenvalue weighted by molar-refractivity contribution is 7.12. The lowest BCUT2D eigenvalue weighted by atomic mass is 9.80. The van der Waals surface area contributed by atoms with Gasteiger partial charge in [0.2, 0.25) is 0 Å². The molecule has 2 aliphatic rings. The zero-order valence-electron chi connectivity index (χ0n) is 11.7. The molecule has 0 spiro atoms. The fourth-order valence-electron chi connectivity index (χ4n) is 3.42. The highest BCUT2D eigenvalue weighted by Crippen LogP contribution is 2.50. The number of aryl methyl sites for hydroxylation is 2. The predicted octanol–water partition coefficient (Wildman–Crippen LogP) is 2.76. The van der Waals surface area contributed by atoms with Crippen molar-refractivity contribution in [1.82, 2.24) is 4.98 Å². The number of nitrogens with zero attached hydrogens (tertiary/aromatic N) is 1. The van der Waals surface area contributed by atoms with Gasteiger partial charge in [-0.1, -0.05) is 0 Å². The summed E-state index contributed by atoms with van der Waals surface area (Å²) in [6.07, 6.45) is 4.37. The van der Waals surface area contributed by atoms with Crippen LogP contribution in [0.2, 0.25) is 0 Å². The summed E-state index contributed by atoms with van der Waals surface area (Å²) < 4.78 is 6.15. The Kier molecular flexibility index (Phi) is 2.48. The Morgan fingerprint density at radius 2 is 1.94 bits per heavy atom. The maximum atomic E-state index is 6.72. The summed E-state index contributed by atoms with van der Waals surface area (Å²) >= 11 is 1.81. The molecule has 1 aromatic heterocycles. The Bertz CT molecular complexity index is 470. The van der Waals surface area contributed by atoms with Crippen molar-refractivity contribution < 1.29 is 4.74 Å². The first kappa shape index (κ1) is 12.6. The van der Waals surface area contributed by atoms with Crippen molar-refractivity contribution in [2.75, 3.05) is 0 Å². The van der Waals surface area contributed by atoms with Crippen LogP contribution in [-0.4, -0.2) is 16.2 Å². The topological polar surface area (TPSA) is 48.1 Å². The van der Waals surface area contributed by atoms with Crippen LogP contribution in [0.15, 0.2) is 0 Å². The SMILES string of the molecule is CC1(C)CC(N)(c2nc3c(s2)CCC3)C(C)(C)O1. The second-order valence-corrected chi connectivity index (χ2v) is 7.85. The van der Waals surface area contributed by atoms with Crippen molar-refractivity contribution in [2.45, 2.75) is 70.1 Å². The van der Waals surface area contributed by atoms with Crippen molar-refractivity contribution in [1.29, 1.82) is 0 Å². The second kappa shape index (κ2) is 3.56. The van der Waals surface area contributed by atoms with Crippen LogP contribution in [0.3, 0.4) is 0 Å². The summed E-state index contributed by atoms with van der Waals surface area (Å²) in [5, 5.41) is 1.07. The molecule has 0 radical (unpaired) electrons. The molecule has 1 aromatic rings. The van der Waals surface area contributed by atoms with Crippen molar-refractivity contribution in [3.05, 3.63) is 15.6 Å². The Morgan fingerprint density at radius 1 is 1.22 bits per heavy atom. The molecule has 2 N–H and O–H groups in total. The van der Waals surface area contributed by atoms with Crippen LogP contribution in [0, 0.1) is 0 Å². The quantitative estimate of drug-likeness (QED) is 0.850. The molecule has 0 aromatic carbocycles. The van der Waals surface area contributed by atoms with E-state index >= 15 is 0 Å². The third kappa shape index (κ3) is 1.66. The molecule has 1 saturated heterocycles. The maximum absolute atomic E-state index is 6.72. The number of hydrogen-bond acceptors (Lipinski definition) is 4. The first-order valence-electron chi connectivity index (χ1n) is 6.72. The normalized spacial score (nSPS) is 32.7. The van der Waals surface area contributed by atoms with Gasteiger partial charge in [-0.3, -0.25) is 0 Å². The summed E-state index contributed by atoms with van der Waals surface area (Å²) in [7, 11) is 0. The van der Waals surface area contributed by atoms with E-state index in [2.05, 4.69) is 27.7 Å². The van der Waals surface area contributed by atoms with E-state index in [4.69, 9.17) is 15.5 Å². The molecule has 3 rings (SSSR count). The van der Waals surface area contributed by atoms with E-state index in [-0.39, 0.29) is 11.2 Å². The van der Waals surface area contributed by atoms with Crippen LogP contribution >= 0.6 is 11.3 Å². The summed E-state index contributed by atoms with van der Waals surface area (Å²) in [4.78, 5) is 6.26. The van der Waals surface area contributed by atoms with Gasteiger partial charge in [0.05, 0.1) is 22.4 Å². The zero-order valence-corrected chi connectivity index (χ0v) is 12.5. The van der Waals surface area contributed by atoms with Crippen molar-refractivity contribution in [2.24, 2.45) is 5.73 Å². The number of rotatable bonds is 1. The standard InChI is InChI=1S/C14H22N2OS/c1-12(2)8-14(15,13(3,4)17-12)11-16-9-6-5-7-10(9)18-11/h5-8,15H2,1-4H3. The lowest BCUT2D eigenvalue weighted by Crippen LogP contribution is -2.51. The Hall–Kier alpha value is -0.450. The number of thiazole rings is 1. The molecule has 18 heavy (non-hydrogen) atoms. The van der Waals surface area contributed by atoms with E-state index in [1.54, 1.807) is 11.3 Å². The molecule has 0 saturated carbocycles. The van der Waals surface area contributed by atoms with Gasteiger partial charge in [-0.05, 0) is 47.0 Å². The first-order chi connectivity index (χ1) is 8.24. The highest BCUT2D eigenvalue weighted by Gasteiger charge is 2.57. The lowest BCUT2D eigenvalue weighted by molar-refractivity contribution is -0.0795. The van der Waals surface area contributed by atoms with Gasteiger partial charge in [0.15, 0.2) is 0 Å². The smallest absolute Gasteiger partial charge is 0.116 e. The summed E-state index contributed by atoms with van der Waals surface area (Å²) in [6, 6.07) is 0. The van der Waals surface area contributed by atoms with Gasteiger partial charge in [0, 0.05) is 11.3 Å². The molecule has 1 fully saturated rings. The average molecular weight is 266 g/mol. The summed E-state index contributed by atoms with van der Waals surface area (Å²) in [5.74, 6) is 0. The third-order valence-corrected chi connectivity index (χ3v) is 5.62.